The molecule has 0 aromatic carbocycles. The van der Waals surface area contributed by atoms with Crippen LogP contribution in [-0.2, 0) is 9.59 Å². The van der Waals surface area contributed by atoms with E-state index >= 15 is 0 Å². The normalized spacial score (nSPS) is 23.9. The lowest BCUT2D eigenvalue weighted by atomic mass is 10.0. The Hall–Kier alpha value is -1.10. The van der Waals surface area contributed by atoms with E-state index in [1.165, 1.54) is 6.92 Å². The van der Waals surface area contributed by atoms with Gasteiger partial charge in [-0.1, -0.05) is 6.42 Å². The topological polar surface area (TPSA) is 78.4 Å². The van der Waals surface area contributed by atoms with Crippen molar-refractivity contribution in [2.45, 2.75) is 38.3 Å². The number of rotatable bonds is 3. The van der Waals surface area contributed by atoms with Crippen molar-refractivity contribution in [3.63, 3.8) is 0 Å². The molecule has 0 spiro atoms. The second kappa shape index (κ2) is 4.95. The van der Waals surface area contributed by atoms with Crippen LogP contribution in [0.15, 0.2) is 0 Å². The van der Waals surface area contributed by atoms with Crippen LogP contribution in [0.4, 0.5) is 0 Å². The van der Waals surface area contributed by atoms with Crippen LogP contribution >= 0.6 is 0 Å². The maximum Gasteiger partial charge on any atom is 0.325 e. The molecule has 1 aliphatic rings. The molecule has 5 heteroatoms. The maximum absolute atomic E-state index is 11.5. The summed E-state index contributed by atoms with van der Waals surface area (Å²) in [4.78, 5) is 22.0. The van der Waals surface area contributed by atoms with Crippen LogP contribution in [0.2, 0.25) is 0 Å². The minimum atomic E-state index is -1.01. The van der Waals surface area contributed by atoms with Crippen molar-refractivity contribution < 1.29 is 14.7 Å². The molecule has 1 fully saturated rings. The predicted molar refractivity (Wildman–Crippen MR) is 50.9 cm³/mol. The van der Waals surface area contributed by atoms with Gasteiger partial charge in [0.1, 0.15) is 6.04 Å². The Bertz CT molecular complexity index is 224. The summed E-state index contributed by atoms with van der Waals surface area (Å²) in [7, 11) is 0. The Morgan fingerprint density at radius 1 is 1.50 bits per heavy atom. The fourth-order valence-electron chi connectivity index (χ4n) is 1.45. The van der Waals surface area contributed by atoms with Gasteiger partial charge in [-0.15, -0.1) is 0 Å². The number of carboxylic acid groups (broad SMARTS) is 1. The van der Waals surface area contributed by atoms with Gasteiger partial charge in [0, 0.05) is 0 Å². The summed E-state index contributed by atoms with van der Waals surface area (Å²) < 4.78 is 0. The smallest absolute Gasteiger partial charge is 0.325 e. The minimum Gasteiger partial charge on any atom is -0.480 e. The SMILES string of the molecule is C[C@H](NC(=O)C1CCCCN1)C(=O)O. The van der Waals surface area contributed by atoms with Gasteiger partial charge in [-0.3, -0.25) is 9.59 Å². The largest absolute Gasteiger partial charge is 0.480 e. The van der Waals surface area contributed by atoms with Crippen LogP contribution in [0.3, 0.4) is 0 Å². The Morgan fingerprint density at radius 3 is 2.71 bits per heavy atom. The van der Waals surface area contributed by atoms with E-state index < -0.39 is 12.0 Å². The summed E-state index contributed by atoms with van der Waals surface area (Å²) in [5.74, 6) is -1.21. The van der Waals surface area contributed by atoms with Crippen molar-refractivity contribution in [3.8, 4) is 0 Å². The molecule has 0 radical (unpaired) electrons. The number of aliphatic carboxylic acids is 1. The lowest BCUT2D eigenvalue weighted by molar-refractivity contribution is -0.141. The summed E-state index contributed by atoms with van der Waals surface area (Å²) in [6.07, 6.45) is 2.89. The zero-order chi connectivity index (χ0) is 10.6. The number of piperidine rings is 1. The number of hydrogen-bond donors (Lipinski definition) is 3. The van der Waals surface area contributed by atoms with Crippen LogP contribution in [-0.4, -0.2) is 35.6 Å². The van der Waals surface area contributed by atoms with Gasteiger partial charge in [0.05, 0.1) is 6.04 Å². The second-order valence-electron chi connectivity index (χ2n) is 3.57. The van der Waals surface area contributed by atoms with Crippen molar-refractivity contribution in [2.75, 3.05) is 6.54 Å². The van der Waals surface area contributed by atoms with Crippen molar-refractivity contribution in [1.82, 2.24) is 10.6 Å². The van der Waals surface area contributed by atoms with Crippen LogP contribution in [0.25, 0.3) is 0 Å². The van der Waals surface area contributed by atoms with Crippen molar-refractivity contribution in [2.24, 2.45) is 0 Å². The lowest BCUT2D eigenvalue weighted by Crippen LogP contribution is -2.50. The number of amides is 1. The molecule has 0 aromatic rings. The van der Waals surface area contributed by atoms with Gasteiger partial charge in [0.2, 0.25) is 5.91 Å². The molecule has 0 bridgehead atoms. The van der Waals surface area contributed by atoms with E-state index in [-0.39, 0.29) is 11.9 Å². The van der Waals surface area contributed by atoms with Crippen LogP contribution in [0.5, 0.6) is 0 Å². The fraction of sp³-hybridized carbons (Fsp3) is 0.778. The number of carbonyl (C=O) groups is 2. The number of nitrogens with one attached hydrogen (secondary N) is 2. The highest BCUT2D eigenvalue weighted by molar-refractivity contribution is 5.86. The monoisotopic (exact) mass is 200 g/mol. The molecule has 2 atom stereocenters. The molecule has 0 aromatic heterocycles. The Labute approximate surface area is 82.9 Å². The average Bonchev–Trinajstić information content (AvgIpc) is 2.19. The average molecular weight is 200 g/mol. The maximum atomic E-state index is 11.5. The van der Waals surface area contributed by atoms with Crippen molar-refractivity contribution in [1.29, 1.82) is 0 Å². The van der Waals surface area contributed by atoms with E-state index in [0.29, 0.717) is 0 Å². The summed E-state index contributed by atoms with van der Waals surface area (Å²) >= 11 is 0. The van der Waals surface area contributed by atoms with E-state index in [2.05, 4.69) is 10.6 Å². The number of hydrogen-bond acceptors (Lipinski definition) is 3. The molecule has 5 nitrogen and oxygen atoms in total. The third-order valence-corrected chi connectivity index (χ3v) is 2.36. The molecule has 1 aliphatic heterocycles. The third kappa shape index (κ3) is 2.99. The van der Waals surface area contributed by atoms with Crippen LogP contribution < -0.4 is 10.6 Å². The first-order chi connectivity index (χ1) is 6.61. The van der Waals surface area contributed by atoms with E-state index in [1.54, 1.807) is 0 Å². The number of carbonyl (C=O) groups excluding carboxylic acids is 1. The Kier molecular flexibility index (Phi) is 3.88. The molecule has 1 heterocycles. The van der Waals surface area contributed by atoms with E-state index in [1.807, 2.05) is 0 Å². The van der Waals surface area contributed by atoms with Crippen molar-refractivity contribution >= 4 is 11.9 Å². The molecule has 0 saturated carbocycles. The van der Waals surface area contributed by atoms with Gasteiger partial charge in [0.15, 0.2) is 0 Å². The summed E-state index contributed by atoms with van der Waals surface area (Å²) in [5, 5.41) is 14.1. The Morgan fingerprint density at radius 2 is 2.21 bits per heavy atom. The highest BCUT2D eigenvalue weighted by Gasteiger charge is 2.23. The lowest BCUT2D eigenvalue weighted by Gasteiger charge is -2.23. The minimum absolute atomic E-state index is 0.209. The molecular formula is C9H16N2O3. The third-order valence-electron chi connectivity index (χ3n) is 2.36. The zero-order valence-corrected chi connectivity index (χ0v) is 8.25. The van der Waals surface area contributed by atoms with E-state index in [9.17, 15) is 9.59 Å². The summed E-state index contributed by atoms with van der Waals surface area (Å²) in [6, 6.07) is -1.03. The molecule has 0 aliphatic carbocycles. The van der Waals surface area contributed by atoms with Crippen molar-refractivity contribution in [3.05, 3.63) is 0 Å². The summed E-state index contributed by atoms with van der Waals surface area (Å²) in [5.41, 5.74) is 0. The highest BCUT2D eigenvalue weighted by atomic mass is 16.4. The Balaban J connectivity index is 2.36. The fourth-order valence-corrected chi connectivity index (χ4v) is 1.45. The van der Waals surface area contributed by atoms with Gasteiger partial charge in [-0.25, -0.2) is 0 Å². The quantitative estimate of drug-likeness (QED) is 0.585. The molecule has 14 heavy (non-hydrogen) atoms. The van der Waals surface area contributed by atoms with Gasteiger partial charge in [-0.2, -0.15) is 0 Å². The molecule has 3 N–H and O–H groups in total. The first-order valence-corrected chi connectivity index (χ1v) is 4.88. The molecule has 1 amide bonds. The zero-order valence-electron chi connectivity index (χ0n) is 8.25. The van der Waals surface area contributed by atoms with Crippen LogP contribution in [0, 0.1) is 0 Å². The van der Waals surface area contributed by atoms with Gasteiger partial charge < -0.3 is 15.7 Å². The first-order valence-electron chi connectivity index (χ1n) is 4.88. The van der Waals surface area contributed by atoms with E-state index in [4.69, 9.17) is 5.11 Å². The second-order valence-corrected chi connectivity index (χ2v) is 3.57. The molecule has 1 unspecified atom stereocenters. The molecular weight excluding hydrogens is 184 g/mol. The van der Waals surface area contributed by atoms with Gasteiger partial charge in [0.25, 0.3) is 0 Å². The van der Waals surface area contributed by atoms with E-state index in [0.717, 1.165) is 25.8 Å². The highest BCUT2D eigenvalue weighted by Crippen LogP contribution is 2.06. The predicted octanol–water partition coefficient (Wildman–Crippen LogP) is -0.282. The standard InChI is InChI=1S/C9H16N2O3/c1-6(9(13)14)11-8(12)7-4-2-3-5-10-7/h6-7,10H,2-5H2,1H3,(H,11,12)(H,13,14)/t6-,7?/m0/s1. The first kappa shape index (κ1) is 11.0. The number of carboxylic acids is 1. The van der Waals surface area contributed by atoms with Gasteiger partial charge in [-0.05, 0) is 26.3 Å². The molecule has 1 rings (SSSR count). The summed E-state index contributed by atoms with van der Waals surface area (Å²) in [6.45, 7) is 2.29. The van der Waals surface area contributed by atoms with Crippen LogP contribution in [0.1, 0.15) is 26.2 Å². The molecule has 80 valence electrons. The molecule has 1 saturated heterocycles. The van der Waals surface area contributed by atoms with Gasteiger partial charge >= 0.3 is 5.97 Å².